The Bertz CT molecular complexity index is 532. The summed E-state index contributed by atoms with van der Waals surface area (Å²) in [4.78, 5) is 13.7. The minimum absolute atomic E-state index is 0.0425. The van der Waals surface area contributed by atoms with E-state index in [-0.39, 0.29) is 17.2 Å². The number of benzene rings is 1. The molecule has 1 rings (SSSR count). The lowest BCUT2D eigenvalue weighted by Gasteiger charge is -2.27. The number of carbonyl (C=O) groups is 1. The number of amides is 1. The molecule has 23 heavy (non-hydrogen) atoms. The SMILES string of the molecule is CCN(CCNC(C)c1ccc(Cl)c(F)c1)C(=O)OC(C)(C)C. The largest absolute Gasteiger partial charge is 0.444 e. The molecule has 0 aliphatic heterocycles. The Hall–Kier alpha value is -1.33. The fourth-order valence-corrected chi connectivity index (χ4v) is 2.14. The van der Waals surface area contributed by atoms with Crippen molar-refractivity contribution in [2.75, 3.05) is 19.6 Å². The van der Waals surface area contributed by atoms with Crippen molar-refractivity contribution in [3.8, 4) is 0 Å². The van der Waals surface area contributed by atoms with Crippen LogP contribution >= 0.6 is 11.6 Å². The second-order valence-corrected chi connectivity index (χ2v) is 6.82. The van der Waals surface area contributed by atoms with E-state index >= 15 is 0 Å². The van der Waals surface area contributed by atoms with Crippen LogP contribution in [0.4, 0.5) is 9.18 Å². The monoisotopic (exact) mass is 344 g/mol. The van der Waals surface area contributed by atoms with Crippen LogP contribution in [0.15, 0.2) is 18.2 Å². The standard InChI is InChI=1S/C17H26ClFN2O2/c1-6-21(16(22)23-17(3,4)5)10-9-20-12(2)13-7-8-14(18)15(19)11-13/h7-8,11-12,20H,6,9-10H2,1-5H3. The van der Waals surface area contributed by atoms with Crippen molar-refractivity contribution in [2.45, 2.75) is 46.3 Å². The highest BCUT2D eigenvalue weighted by atomic mass is 35.5. The van der Waals surface area contributed by atoms with Gasteiger partial charge < -0.3 is 15.0 Å². The molecule has 130 valence electrons. The van der Waals surface area contributed by atoms with Crippen LogP contribution in [-0.2, 0) is 4.74 Å². The third-order valence-corrected chi connectivity index (χ3v) is 3.62. The highest BCUT2D eigenvalue weighted by molar-refractivity contribution is 6.30. The molecule has 0 aliphatic carbocycles. The minimum Gasteiger partial charge on any atom is -0.444 e. The smallest absolute Gasteiger partial charge is 0.410 e. The summed E-state index contributed by atoms with van der Waals surface area (Å²) in [5.41, 5.74) is 0.304. The molecule has 0 bridgehead atoms. The predicted octanol–water partition coefficient (Wildman–Crippen LogP) is 4.39. The quantitative estimate of drug-likeness (QED) is 0.832. The molecule has 1 N–H and O–H groups in total. The van der Waals surface area contributed by atoms with Crippen LogP contribution in [0.25, 0.3) is 0 Å². The van der Waals surface area contributed by atoms with E-state index < -0.39 is 11.4 Å². The van der Waals surface area contributed by atoms with Crippen molar-refractivity contribution in [3.05, 3.63) is 34.6 Å². The van der Waals surface area contributed by atoms with Gasteiger partial charge in [0.25, 0.3) is 0 Å². The van der Waals surface area contributed by atoms with Crippen molar-refractivity contribution in [3.63, 3.8) is 0 Å². The average Bonchev–Trinajstić information content (AvgIpc) is 2.44. The van der Waals surface area contributed by atoms with Crippen molar-refractivity contribution in [2.24, 2.45) is 0 Å². The van der Waals surface area contributed by atoms with Crippen molar-refractivity contribution in [1.82, 2.24) is 10.2 Å². The Morgan fingerprint density at radius 3 is 2.61 bits per heavy atom. The molecule has 0 saturated heterocycles. The Morgan fingerprint density at radius 1 is 1.43 bits per heavy atom. The Kier molecular flexibility index (Phi) is 7.29. The van der Waals surface area contributed by atoms with E-state index in [0.29, 0.717) is 19.6 Å². The van der Waals surface area contributed by atoms with Gasteiger partial charge in [-0.3, -0.25) is 0 Å². The van der Waals surface area contributed by atoms with Gasteiger partial charge in [-0.15, -0.1) is 0 Å². The number of halogens is 2. The summed E-state index contributed by atoms with van der Waals surface area (Å²) >= 11 is 5.68. The van der Waals surface area contributed by atoms with Gasteiger partial charge in [-0.25, -0.2) is 9.18 Å². The molecule has 1 aromatic rings. The normalized spacial score (nSPS) is 12.8. The number of nitrogens with zero attached hydrogens (tertiary/aromatic N) is 1. The molecule has 1 atom stereocenters. The van der Waals surface area contributed by atoms with E-state index in [1.165, 1.54) is 6.07 Å². The van der Waals surface area contributed by atoms with Crippen LogP contribution in [0.1, 0.15) is 46.2 Å². The Morgan fingerprint density at radius 2 is 2.09 bits per heavy atom. The molecule has 0 aromatic heterocycles. The van der Waals surface area contributed by atoms with E-state index in [1.54, 1.807) is 17.0 Å². The van der Waals surface area contributed by atoms with Crippen LogP contribution in [0, 0.1) is 5.82 Å². The summed E-state index contributed by atoms with van der Waals surface area (Å²) in [6, 6.07) is 4.71. The molecular formula is C17H26ClFN2O2. The van der Waals surface area contributed by atoms with Crippen LogP contribution in [-0.4, -0.2) is 36.2 Å². The zero-order chi connectivity index (χ0) is 17.6. The number of nitrogens with one attached hydrogen (secondary N) is 1. The molecule has 6 heteroatoms. The van der Waals surface area contributed by atoms with Crippen molar-refractivity contribution < 1.29 is 13.9 Å². The molecule has 0 saturated carbocycles. The first-order valence-corrected chi connectivity index (χ1v) is 8.18. The van der Waals surface area contributed by atoms with Gasteiger partial charge in [-0.05, 0) is 52.3 Å². The predicted molar refractivity (Wildman–Crippen MR) is 91.3 cm³/mol. The summed E-state index contributed by atoms with van der Waals surface area (Å²) in [6.07, 6.45) is -0.327. The molecule has 0 aliphatic rings. The van der Waals surface area contributed by atoms with Crippen molar-refractivity contribution in [1.29, 1.82) is 0 Å². The van der Waals surface area contributed by atoms with Gasteiger partial charge in [-0.1, -0.05) is 17.7 Å². The van der Waals surface area contributed by atoms with Crippen LogP contribution in [0.3, 0.4) is 0 Å². The zero-order valence-electron chi connectivity index (χ0n) is 14.5. The number of hydrogen-bond donors (Lipinski definition) is 1. The van der Waals surface area contributed by atoms with Gasteiger partial charge >= 0.3 is 6.09 Å². The number of carbonyl (C=O) groups excluding carboxylic acids is 1. The first-order valence-electron chi connectivity index (χ1n) is 7.80. The minimum atomic E-state index is -0.508. The van der Waals surface area contributed by atoms with Crippen LogP contribution < -0.4 is 5.32 Å². The number of likely N-dealkylation sites (N-methyl/N-ethyl adjacent to an activating group) is 1. The third kappa shape index (κ3) is 6.75. The van der Waals surface area contributed by atoms with Gasteiger partial charge in [0.05, 0.1) is 5.02 Å². The van der Waals surface area contributed by atoms with E-state index in [9.17, 15) is 9.18 Å². The van der Waals surface area contributed by atoms with Gasteiger partial charge in [0, 0.05) is 25.7 Å². The van der Waals surface area contributed by atoms with Crippen molar-refractivity contribution >= 4 is 17.7 Å². The van der Waals surface area contributed by atoms with Gasteiger partial charge in [0.15, 0.2) is 0 Å². The van der Waals surface area contributed by atoms with Gasteiger partial charge in [-0.2, -0.15) is 0 Å². The van der Waals surface area contributed by atoms with E-state index in [2.05, 4.69) is 5.32 Å². The number of ether oxygens (including phenoxy) is 1. The molecule has 1 amide bonds. The average molecular weight is 345 g/mol. The maximum atomic E-state index is 13.5. The molecule has 1 unspecified atom stereocenters. The second-order valence-electron chi connectivity index (χ2n) is 6.41. The second kappa shape index (κ2) is 8.50. The topological polar surface area (TPSA) is 41.6 Å². The molecule has 1 aromatic carbocycles. The Balaban J connectivity index is 2.50. The fraction of sp³-hybridized carbons (Fsp3) is 0.588. The van der Waals surface area contributed by atoms with Gasteiger partial charge in [0.2, 0.25) is 0 Å². The summed E-state index contributed by atoms with van der Waals surface area (Å²) in [6.45, 7) is 11.0. The first-order chi connectivity index (χ1) is 10.6. The Labute approximate surface area is 142 Å². The summed E-state index contributed by atoms with van der Waals surface area (Å²) < 4.78 is 18.8. The van der Waals surface area contributed by atoms with Crippen LogP contribution in [0.2, 0.25) is 5.02 Å². The maximum absolute atomic E-state index is 13.5. The van der Waals surface area contributed by atoms with Gasteiger partial charge in [0.1, 0.15) is 11.4 Å². The molecule has 0 fully saturated rings. The lowest BCUT2D eigenvalue weighted by molar-refractivity contribution is 0.0261. The van der Waals surface area contributed by atoms with Crippen LogP contribution in [0.5, 0.6) is 0 Å². The van der Waals surface area contributed by atoms with E-state index in [1.807, 2.05) is 34.6 Å². The van der Waals surface area contributed by atoms with E-state index in [0.717, 1.165) is 5.56 Å². The highest BCUT2D eigenvalue weighted by Gasteiger charge is 2.20. The molecule has 4 nitrogen and oxygen atoms in total. The fourth-order valence-electron chi connectivity index (χ4n) is 2.02. The summed E-state index contributed by atoms with van der Waals surface area (Å²) in [5.74, 6) is -0.429. The molecular weight excluding hydrogens is 319 g/mol. The van der Waals surface area contributed by atoms with E-state index in [4.69, 9.17) is 16.3 Å². The third-order valence-electron chi connectivity index (χ3n) is 3.31. The summed E-state index contributed by atoms with van der Waals surface area (Å²) in [7, 11) is 0. The molecule has 0 spiro atoms. The number of rotatable bonds is 6. The lowest BCUT2D eigenvalue weighted by Crippen LogP contribution is -2.40. The molecule has 0 heterocycles. The molecule has 0 radical (unpaired) electrons. The zero-order valence-corrected chi connectivity index (χ0v) is 15.2. The number of hydrogen-bond acceptors (Lipinski definition) is 3. The lowest BCUT2D eigenvalue weighted by atomic mass is 10.1. The highest BCUT2D eigenvalue weighted by Crippen LogP contribution is 2.20. The first kappa shape index (κ1) is 19.7. The maximum Gasteiger partial charge on any atom is 0.410 e. The summed E-state index contributed by atoms with van der Waals surface area (Å²) in [5, 5.41) is 3.38.